The molecule has 5 rings (SSSR count). The smallest absolute Gasteiger partial charge is 0.399 e. The van der Waals surface area contributed by atoms with Crippen molar-refractivity contribution in [3.63, 3.8) is 0 Å². The molecule has 1 aliphatic rings. The predicted octanol–water partition coefficient (Wildman–Crippen LogP) is 6.40. The van der Waals surface area contributed by atoms with Crippen LogP contribution in [0.5, 0.6) is 0 Å². The van der Waals surface area contributed by atoms with Gasteiger partial charge in [-0.15, -0.1) is 0 Å². The van der Waals surface area contributed by atoms with Crippen molar-refractivity contribution in [2.75, 3.05) is 0 Å². The highest BCUT2D eigenvalue weighted by atomic mass is 16.7. The van der Waals surface area contributed by atoms with Crippen LogP contribution in [0.25, 0.3) is 21.9 Å². The Balaban J connectivity index is 1.74. The van der Waals surface area contributed by atoms with Crippen molar-refractivity contribution in [1.82, 2.24) is 0 Å². The topological polar surface area (TPSA) is 18.5 Å². The summed E-state index contributed by atoms with van der Waals surface area (Å²) in [5.41, 5.74) is 0.000242. The lowest BCUT2D eigenvalue weighted by molar-refractivity contribution is 0.00578. The van der Waals surface area contributed by atoms with E-state index in [1.165, 1.54) is 0 Å². The molecule has 4 aromatic rings. The van der Waals surface area contributed by atoms with Crippen LogP contribution >= 0.6 is 0 Å². The summed E-state index contributed by atoms with van der Waals surface area (Å²) in [5.74, 6) is 0. The van der Waals surface area contributed by atoms with Crippen LogP contribution in [0, 0.1) is 0 Å². The molecule has 1 heterocycles. The zero-order chi connectivity index (χ0) is 31.9. The number of hydrogen-bond donors (Lipinski definition) is 0. The van der Waals surface area contributed by atoms with Crippen LogP contribution in [0.2, 0.25) is 0 Å². The highest BCUT2D eigenvalue weighted by Gasteiger charge is 2.51. The minimum Gasteiger partial charge on any atom is -0.399 e. The lowest BCUT2D eigenvalue weighted by Crippen LogP contribution is -2.41. The molecule has 0 atom stereocenters. The Morgan fingerprint density at radius 1 is 0.719 bits per heavy atom. The molecule has 1 fully saturated rings. The lowest BCUT2D eigenvalue weighted by atomic mass is 9.78. The van der Waals surface area contributed by atoms with E-state index in [-0.39, 0.29) is 39.5 Å². The van der Waals surface area contributed by atoms with Gasteiger partial charge in [0.2, 0.25) is 0 Å². The molecule has 1 saturated heterocycles. The maximum atomic E-state index is 8.98. The molecule has 160 valence electrons. The molecule has 0 amide bonds. The maximum Gasteiger partial charge on any atom is 0.494 e. The average molecular weight is 431 g/mol. The molecule has 0 bridgehead atoms. The van der Waals surface area contributed by atoms with E-state index in [1.807, 2.05) is 27.7 Å². The van der Waals surface area contributed by atoms with E-state index >= 15 is 0 Å². The molecule has 0 saturated carbocycles. The van der Waals surface area contributed by atoms with Crippen molar-refractivity contribution < 1.29 is 24.4 Å². The summed E-state index contributed by atoms with van der Waals surface area (Å²) in [5, 5.41) is -0.0263. The molecule has 0 N–H and O–H groups in total. The predicted molar refractivity (Wildman–Crippen MR) is 134 cm³/mol. The molecular formula is C29H29BO2. The molecule has 0 aromatic heterocycles. The van der Waals surface area contributed by atoms with Gasteiger partial charge in [0.1, 0.15) is 0 Å². The molecule has 2 nitrogen and oxygen atoms in total. The number of fused-ring (bicyclic) bond motifs is 1. The van der Waals surface area contributed by atoms with Gasteiger partial charge in [0.15, 0.2) is 0 Å². The second-order valence-corrected chi connectivity index (χ2v) is 8.84. The van der Waals surface area contributed by atoms with E-state index in [0.717, 1.165) is 0 Å². The van der Waals surface area contributed by atoms with E-state index < -0.39 is 79.1 Å². The standard InChI is InChI=1S/C29H29BO2/c1-28(2)29(3,4)32-30(31-28)24-17-14-22(15-18-24)26-19-16-23(20-21-10-6-5-7-11-21)25-12-8-9-13-27(25)26/h5-19H,20H2,1-4H3/i5D,6D,7D,8D,9D,10D,11D,12D,13D,16D,19D. The Hall–Kier alpha value is -2.88. The molecule has 0 spiro atoms. The molecule has 3 heteroatoms. The molecule has 1 aliphatic heterocycles. The van der Waals surface area contributed by atoms with Gasteiger partial charge in [0, 0.05) is 0 Å². The van der Waals surface area contributed by atoms with Gasteiger partial charge in [-0.05, 0) is 72.6 Å². The quantitative estimate of drug-likeness (QED) is 0.348. The van der Waals surface area contributed by atoms with Crippen LogP contribution in [0.15, 0.2) is 90.7 Å². The van der Waals surface area contributed by atoms with Crippen LogP contribution < -0.4 is 5.46 Å². The first-order chi connectivity index (χ1) is 19.9. The third-order valence-electron chi connectivity index (χ3n) is 6.21. The highest BCUT2D eigenvalue weighted by molar-refractivity contribution is 6.62. The van der Waals surface area contributed by atoms with Crippen molar-refractivity contribution in [3.8, 4) is 11.1 Å². The minimum atomic E-state index is -0.644. The van der Waals surface area contributed by atoms with Crippen LogP contribution in [-0.2, 0) is 15.7 Å². The van der Waals surface area contributed by atoms with Crippen LogP contribution in [0.3, 0.4) is 0 Å². The molecular weight excluding hydrogens is 391 g/mol. The molecule has 4 aromatic carbocycles. The SMILES string of the molecule is [2H]c1c([2H])c([2H])c(Cc2c([2H])c([2H])c(-c3ccc(B4OC(C)(C)C(C)(C)O4)cc3)c3c([2H])c([2H])c([2H])c([2H])c23)c([2H])c1[2H]. The van der Waals surface area contributed by atoms with E-state index in [4.69, 9.17) is 24.4 Å². The zero-order valence-electron chi connectivity index (χ0n) is 29.4. The van der Waals surface area contributed by atoms with E-state index in [2.05, 4.69) is 0 Å². The summed E-state index contributed by atoms with van der Waals surface area (Å²) in [4.78, 5) is 0. The summed E-state index contributed by atoms with van der Waals surface area (Å²) in [6.45, 7) is 7.76. The fourth-order valence-electron chi connectivity index (χ4n) is 3.67. The Morgan fingerprint density at radius 3 is 1.97 bits per heavy atom. The van der Waals surface area contributed by atoms with Crippen molar-refractivity contribution in [2.24, 2.45) is 0 Å². The second kappa shape index (κ2) is 7.92. The van der Waals surface area contributed by atoms with Crippen molar-refractivity contribution in [3.05, 3.63) is 102 Å². The Labute approximate surface area is 206 Å². The number of rotatable bonds is 4. The van der Waals surface area contributed by atoms with Gasteiger partial charge in [0.05, 0.1) is 26.3 Å². The largest absolute Gasteiger partial charge is 0.494 e. The Bertz CT molecular complexity index is 1780. The van der Waals surface area contributed by atoms with Crippen LogP contribution in [0.4, 0.5) is 0 Å². The second-order valence-electron chi connectivity index (χ2n) is 8.84. The first-order valence-corrected chi connectivity index (χ1v) is 10.4. The van der Waals surface area contributed by atoms with Crippen LogP contribution in [0.1, 0.15) is 53.9 Å². The van der Waals surface area contributed by atoms with Crippen molar-refractivity contribution >= 4 is 23.4 Å². The first-order valence-electron chi connectivity index (χ1n) is 15.9. The van der Waals surface area contributed by atoms with E-state index in [0.29, 0.717) is 11.0 Å². The summed E-state index contributed by atoms with van der Waals surface area (Å²) in [6, 6.07) is 1.63. The fourth-order valence-corrected chi connectivity index (χ4v) is 3.67. The van der Waals surface area contributed by atoms with Gasteiger partial charge in [-0.1, -0.05) is 90.7 Å². The van der Waals surface area contributed by atoms with E-state index in [9.17, 15) is 0 Å². The van der Waals surface area contributed by atoms with Crippen LogP contribution in [-0.4, -0.2) is 18.3 Å². The Kier molecular flexibility index (Phi) is 2.93. The highest BCUT2D eigenvalue weighted by Crippen LogP contribution is 2.37. The monoisotopic (exact) mass is 431 g/mol. The van der Waals surface area contributed by atoms with Crippen molar-refractivity contribution in [1.29, 1.82) is 0 Å². The first kappa shape index (κ1) is 11.8. The third-order valence-corrected chi connectivity index (χ3v) is 6.21. The lowest BCUT2D eigenvalue weighted by Gasteiger charge is -2.32. The zero-order valence-corrected chi connectivity index (χ0v) is 18.4. The Morgan fingerprint density at radius 2 is 1.31 bits per heavy atom. The summed E-state index contributed by atoms with van der Waals surface area (Å²) < 4.78 is 105. The molecule has 0 radical (unpaired) electrons. The van der Waals surface area contributed by atoms with Gasteiger partial charge in [0.25, 0.3) is 0 Å². The normalized spacial score (nSPS) is 21.9. The van der Waals surface area contributed by atoms with E-state index in [1.54, 1.807) is 24.3 Å². The molecule has 0 aliphatic carbocycles. The summed E-state index contributed by atoms with van der Waals surface area (Å²) in [7, 11) is -0.644. The van der Waals surface area contributed by atoms with Gasteiger partial charge in [-0.2, -0.15) is 0 Å². The average Bonchev–Trinajstić information content (AvgIpc) is 3.19. The molecule has 32 heavy (non-hydrogen) atoms. The minimum absolute atomic E-state index is 0.0118. The number of hydrogen-bond acceptors (Lipinski definition) is 2. The molecule has 0 unspecified atom stereocenters. The maximum absolute atomic E-state index is 8.98. The van der Waals surface area contributed by atoms with Gasteiger partial charge >= 0.3 is 7.12 Å². The van der Waals surface area contributed by atoms with Crippen molar-refractivity contribution in [2.45, 2.75) is 45.3 Å². The fraction of sp³-hybridized carbons (Fsp3) is 0.241. The number of benzene rings is 4. The summed E-state index contributed by atoms with van der Waals surface area (Å²) in [6.07, 6.45) is -0.403. The van der Waals surface area contributed by atoms with Gasteiger partial charge in [-0.25, -0.2) is 0 Å². The third kappa shape index (κ3) is 3.76. The summed E-state index contributed by atoms with van der Waals surface area (Å²) >= 11 is 0. The van der Waals surface area contributed by atoms with Gasteiger partial charge < -0.3 is 9.31 Å². The van der Waals surface area contributed by atoms with Gasteiger partial charge in [-0.3, -0.25) is 0 Å².